The summed E-state index contributed by atoms with van der Waals surface area (Å²) in [5, 5.41) is 15.5. The number of carbonyl (C=O) groups is 1. The molecule has 31 heavy (non-hydrogen) atoms. The third kappa shape index (κ3) is 4.01. The van der Waals surface area contributed by atoms with E-state index < -0.39 is 0 Å². The van der Waals surface area contributed by atoms with Crippen LogP contribution in [0.15, 0.2) is 41.0 Å². The molecule has 2 aromatic heterocycles. The van der Waals surface area contributed by atoms with Crippen LogP contribution >= 0.6 is 0 Å². The lowest BCUT2D eigenvalue weighted by Gasteiger charge is -2.12. The first kappa shape index (κ1) is 20.6. The molecule has 8 heteroatoms. The Morgan fingerprint density at radius 3 is 2.71 bits per heavy atom. The van der Waals surface area contributed by atoms with Gasteiger partial charge in [0.15, 0.2) is 5.82 Å². The van der Waals surface area contributed by atoms with Crippen molar-refractivity contribution >= 4 is 22.6 Å². The number of aromatic nitrogens is 4. The third-order valence-corrected chi connectivity index (χ3v) is 5.33. The summed E-state index contributed by atoms with van der Waals surface area (Å²) in [6.07, 6.45) is 1.87. The van der Waals surface area contributed by atoms with Gasteiger partial charge in [0.2, 0.25) is 5.91 Å². The van der Waals surface area contributed by atoms with Gasteiger partial charge in [-0.15, -0.1) is 5.10 Å². The van der Waals surface area contributed by atoms with Crippen LogP contribution < -0.4 is 10.1 Å². The average Bonchev–Trinajstić information content (AvgIpc) is 3.32. The van der Waals surface area contributed by atoms with Crippen molar-refractivity contribution in [3.05, 3.63) is 59.1 Å². The summed E-state index contributed by atoms with van der Waals surface area (Å²) in [6, 6.07) is 9.52. The highest BCUT2D eigenvalue weighted by Gasteiger charge is 2.16. The maximum atomic E-state index is 12.8. The van der Waals surface area contributed by atoms with Crippen molar-refractivity contribution in [3.63, 3.8) is 0 Å². The number of anilines is 1. The minimum atomic E-state index is -0.140. The number of hydrogen-bond donors (Lipinski definition) is 1. The zero-order valence-electron chi connectivity index (χ0n) is 18.3. The van der Waals surface area contributed by atoms with Gasteiger partial charge in [0.1, 0.15) is 17.0 Å². The van der Waals surface area contributed by atoms with E-state index in [1.807, 2.05) is 6.07 Å². The second-order valence-corrected chi connectivity index (χ2v) is 7.87. The molecule has 160 valence electrons. The van der Waals surface area contributed by atoms with Crippen molar-refractivity contribution in [2.24, 2.45) is 0 Å². The maximum Gasteiger partial charge on any atom is 0.228 e. The Balaban J connectivity index is 1.58. The first-order valence-corrected chi connectivity index (χ1v) is 10.1. The van der Waals surface area contributed by atoms with Crippen molar-refractivity contribution in [3.8, 4) is 11.4 Å². The number of benzene rings is 2. The number of nitrogens with one attached hydrogen (secondary N) is 1. The maximum absolute atomic E-state index is 12.8. The molecule has 0 fully saturated rings. The molecule has 1 N–H and O–H groups in total. The largest absolute Gasteiger partial charge is 0.494 e. The first-order chi connectivity index (χ1) is 14.9. The van der Waals surface area contributed by atoms with Gasteiger partial charge in [-0.25, -0.2) is 0 Å². The predicted octanol–water partition coefficient (Wildman–Crippen LogP) is 4.34. The fourth-order valence-corrected chi connectivity index (χ4v) is 3.77. The van der Waals surface area contributed by atoms with Crippen molar-refractivity contribution in [2.75, 3.05) is 12.4 Å². The second-order valence-electron chi connectivity index (χ2n) is 7.87. The highest BCUT2D eigenvalue weighted by atomic mass is 16.5. The predicted molar refractivity (Wildman–Crippen MR) is 118 cm³/mol. The number of methoxy groups -OCH3 is 1. The summed E-state index contributed by atoms with van der Waals surface area (Å²) in [7, 11) is 1.58. The molecule has 2 aromatic carbocycles. The van der Waals surface area contributed by atoms with E-state index in [9.17, 15) is 4.79 Å². The van der Waals surface area contributed by atoms with Gasteiger partial charge in [-0.2, -0.15) is 4.68 Å². The van der Waals surface area contributed by atoms with Crippen LogP contribution in [0, 0.1) is 13.8 Å². The Hall–Kier alpha value is -3.68. The van der Waals surface area contributed by atoms with E-state index in [0.29, 0.717) is 28.9 Å². The Labute approximate surface area is 180 Å². The van der Waals surface area contributed by atoms with Crippen LogP contribution in [0.1, 0.15) is 42.3 Å². The monoisotopic (exact) mass is 419 g/mol. The minimum absolute atomic E-state index is 0.140. The van der Waals surface area contributed by atoms with Crippen LogP contribution in [0.25, 0.3) is 16.7 Å². The number of hydrogen-bond acceptors (Lipinski definition) is 6. The third-order valence-electron chi connectivity index (χ3n) is 5.33. The smallest absolute Gasteiger partial charge is 0.228 e. The van der Waals surface area contributed by atoms with Crippen LogP contribution in [0.4, 0.5) is 5.69 Å². The molecule has 0 unspecified atom stereocenters. The molecule has 0 saturated heterocycles. The number of fused-ring (bicyclic) bond motifs is 1. The number of carbonyl (C=O) groups excluding carboxylic acids is 1. The number of tetrazole rings is 1. The van der Waals surface area contributed by atoms with Gasteiger partial charge < -0.3 is 14.5 Å². The van der Waals surface area contributed by atoms with E-state index in [0.717, 1.165) is 16.5 Å². The second kappa shape index (κ2) is 8.22. The van der Waals surface area contributed by atoms with Crippen LogP contribution in [0.3, 0.4) is 0 Å². The topological polar surface area (TPSA) is 95.1 Å². The zero-order valence-corrected chi connectivity index (χ0v) is 18.3. The molecule has 1 amide bonds. The number of amides is 1. The summed E-state index contributed by atoms with van der Waals surface area (Å²) in [5.41, 5.74) is 5.38. The summed E-state index contributed by atoms with van der Waals surface area (Å²) in [6.45, 7) is 8.20. The molecular weight excluding hydrogens is 394 g/mol. The van der Waals surface area contributed by atoms with Gasteiger partial charge in [-0.3, -0.25) is 4.79 Å². The van der Waals surface area contributed by atoms with Crippen molar-refractivity contribution < 1.29 is 13.9 Å². The molecule has 4 rings (SSSR count). The van der Waals surface area contributed by atoms with Crippen molar-refractivity contribution in [1.82, 2.24) is 20.2 Å². The van der Waals surface area contributed by atoms with Crippen LogP contribution in [0.2, 0.25) is 0 Å². The first-order valence-electron chi connectivity index (χ1n) is 10.1. The molecule has 0 aliphatic rings. The van der Waals surface area contributed by atoms with Gasteiger partial charge in [0, 0.05) is 16.6 Å². The molecule has 2 heterocycles. The Morgan fingerprint density at radius 2 is 2.03 bits per heavy atom. The van der Waals surface area contributed by atoms with E-state index in [4.69, 9.17) is 9.15 Å². The van der Waals surface area contributed by atoms with E-state index in [-0.39, 0.29) is 12.3 Å². The Morgan fingerprint density at radius 1 is 1.23 bits per heavy atom. The summed E-state index contributed by atoms with van der Waals surface area (Å²) in [4.78, 5) is 12.8. The van der Waals surface area contributed by atoms with Gasteiger partial charge in [-0.05, 0) is 71.7 Å². The Kier molecular flexibility index (Phi) is 5.46. The number of furan rings is 1. The molecule has 0 bridgehead atoms. The van der Waals surface area contributed by atoms with Gasteiger partial charge in [0.25, 0.3) is 0 Å². The van der Waals surface area contributed by atoms with Gasteiger partial charge in [0.05, 0.1) is 19.8 Å². The molecule has 4 aromatic rings. The van der Waals surface area contributed by atoms with E-state index in [1.165, 1.54) is 11.1 Å². The fraction of sp³-hybridized carbons (Fsp3) is 0.304. The number of nitrogens with zero attached hydrogens (tertiary/aromatic N) is 4. The summed E-state index contributed by atoms with van der Waals surface area (Å²) >= 11 is 0. The van der Waals surface area contributed by atoms with Gasteiger partial charge >= 0.3 is 0 Å². The van der Waals surface area contributed by atoms with Gasteiger partial charge in [-0.1, -0.05) is 13.8 Å². The summed E-state index contributed by atoms with van der Waals surface area (Å²) < 4.78 is 12.7. The molecule has 0 spiro atoms. The van der Waals surface area contributed by atoms with Crippen molar-refractivity contribution in [2.45, 2.75) is 40.0 Å². The van der Waals surface area contributed by atoms with E-state index >= 15 is 0 Å². The van der Waals surface area contributed by atoms with Crippen molar-refractivity contribution in [1.29, 1.82) is 0 Å². The molecule has 0 aliphatic carbocycles. The van der Waals surface area contributed by atoms with Crippen LogP contribution in [0.5, 0.6) is 5.75 Å². The molecule has 0 atom stereocenters. The SMILES string of the molecule is COc1ccc(NC(=O)Cc2coc3cc(C)c(C(C)C)cc23)cc1-n1nnnc1C. The van der Waals surface area contributed by atoms with Crippen LogP contribution in [-0.2, 0) is 11.2 Å². The molecular formula is C23H25N5O3. The lowest BCUT2D eigenvalue weighted by Crippen LogP contribution is -2.14. The number of ether oxygens (including phenoxy) is 1. The molecule has 8 nitrogen and oxygen atoms in total. The quantitative estimate of drug-likeness (QED) is 0.500. The number of aryl methyl sites for hydroxylation is 2. The summed E-state index contributed by atoms with van der Waals surface area (Å²) in [5.74, 6) is 1.47. The highest BCUT2D eigenvalue weighted by Crippen LogP contribution is 2.30. The number of rotatable bonds is 6. The lowest BCUT2D eigenvalue weighted by molar-refractivity contribution is -0.115. The fourth-order valence-electron chi connectivity index (χ4n) is 3.77. The zero-order chi connectivity index (χ0) is 22.1. The lowest BCUT2D eigenvalue weighted by atomic mass is 9.95. The van der Waals surface area contributed by atoms with E-state index in [2.05, 4.69) is 47.7 Å². The normalized spacial score (nSPS) is 11.3. The van der Waals surface area contributed by atoms with E-state index in [1.54, 1.807) is 43.2 Å². The molecule has 0 aliphatic heterocycles. The Bertz CT molecular complexity index is 1260. The standard InChI is InChI=1S/C23H25N5O3/c1-13(2)18-11-19-16(12-31-22(19)8-14(18)3)9-23(29)24-17-6-7-21(30-5)20(10-17)28-15(4)25-26-27-28/h6-8,10-13H,9H2,1-5H3,(H,24,29). The molecule has 0 radical (unpaired) electrons. The average molecular weight is 419 g/mol. The highest BCUT2D eigenvalue weighted by molar-refractivity contribution is 5.96. The molecule has 0 saturated carbocycles. The minimum Gasteiger partial charge on any atom is -0.494 e. The van der Waals surface area contributed by atoms with Crippen LogP contribution in [-0.4, -0.2) is 33.2 Å².